The van der Waals surface area contributed by atoms with Crippen LogP contribution in [0.3, 0.4) is 0 Å². The van der Waals surface area contributed by atoms with Crippen molar-refractivity contribution in [1.29, 1.82) is 0 Å². The van der Waals surface area contributed by atoms with E-state index < -0.39 is 0 Å². The third-order valence-electron chi connectivity index (χ3n) is 4.64. The number of hydrogen-bond acceptors (Lipinski definition) is 3. The van der Waals surface area contributed by atoms with Crippen LogP contribution in [0.4, 0.5) is 5.69 Å². The maximum Gasteiger partial charge on any atom is 0.254 e. The Kier molecular flexibility index (Phi) is 5.28. The average Bonchev–Trinajstić information content (AvgIpc) is 3.08. The highest BCUT2D eigenvalue weighted by molar-refractivity contribution is 5.97. The van der Waals surface area contributed by atoms with Gasteiger partial charge < -0.3 is 15.0 Å². The van der Waals surface area contributed by atoms with Gasteiger partial charge in [0.05, 0.1) is 13.2 Å². The van der Waals surface area contributed by atoms with Crippen molar-refractivity contribution < 1.29 is 14.3 Å². The number of benzene rings is 1. The van der Waals surface area contributed by atoms with Gasteiger partial charge in [-0.25, -0.2) is 0 Å². The van der Waals surface area contributed by atoms with Crippen molar-refractivity contribution in [2.75, 3.05) is 31.6 Å². The number of ether oxygens (including phenoxy) is 1. The monoisotopic (exact) mass is 316 g/mol. The summed E-state index contributed by atoms with van der Waals surface area (Å²) in [6, 6.07) is 7.22. The molecule has 1 saturated heterocycles. The molecule has 23 heavy (non-hydrogen) atoms. The van der Waals surface area contributed by atoms with Gasteiger partial charge in [-0.15, -0.1) is 0 Å². The number of carbonyl (C=O) groups excluding carboxylic acids is 2. The zero-order valence-corrected chi connectivity index (χ0v) is 13.4. The highest BCUT2D eigenvalue weighted by atomic mass is 16.5. The first-order valence-corrected chi connectivity index (χ1v) is 8.49. The topological polar surface area (TPSA) is 58.6 Å². The van der Waals surface area contributed by atoms with Gasteiger partial charge in [-0.3, -0.25) is 9.59 Å². The van der Waals surface area contributed by atoms with Gasteiger partial charge in [0, 0.05) is 30.8 Å². The van der Waals surface area contributed by atoms with Gasteiger partial charge >= 0.3 is 0 Å². The number of morpholine rings is 1. The molecule has 0 bridgehead atoms. The molecule has 124 valence electrons. The number of hydrogen-bond donors (Lipinski definition) is 1. The van der Waals surface area contributed by atoms with Gasteiger partial charge in [-0.1, -0.05) is 18.9 Å². The predicted octanol–water partition coefficient (Wildman–Crippen LogP) is 2.68. The second-order valence-electron chi connectivity index (χ2n) is 6.39. The van der Waals surface area contributed by atoms with Gasteiger partial charge in [0.2, 0.25) is 5.91 Å². The lowest BCUT2D eigenvalue weighted by atomic mass is 10.0. The molecule has 1 heterocycles. The van der Waals surface area contributed by atoms with Crippen molar-refractivity contribution >= 4 is 17.5 Å². The standard InChI is InChI=1S/C18H24N2O3/c21-17(12-14-4-1-2-5-14)19-16-7-3-6-15(13-16)18(22)20-8-10-23-11-9-20/h3,6-7,13-14H,1-2,4-5,8-12H2,(H,19,21). The Labute approximate surface area is 137 Å². The lowest BCUT2D eigenvalue weighted by molar-refractivity contribution is -0.117. The van der Waals surface area contributed by atoms with E-state index in [9.17, 15) is 9.59 Å². The molecule has 0 radical (unpaired) electrons. The predicted molar refractivity (Wildman–Crippen MR) is 88.4 cm³/mol. The zero-order valence-electron chi connectivity index (χ0n) is 13.4. The number of amides is 2. The number of carbonyl (C=O) groups is 2. The van der Waals surface area contributed by atoms with E-state index >= 15 is 0 Å². The first-order valence-electron chi connectivity index (χ1n) is 8.49. The van der Waals surface area contributed by atoms with E-state index in [0.29, 0.717) is 49.9 Å². The minimum atomic E-state index is 0.000178. The molecule has 1 aliphatic heterocycles. The van der Waals surface area contributed by atoms with Crippen molar-refractivity contribution in [3.8, 4) is 0 Å². The molecule has 3 rings (SSSR count). The van der Waals surface area contributed by atoms with E-state index in [1.54, 1.807) is 17.0 Å². The van der Waals surface area contributed by atoms with Gasteiger partial charge in [-0.05, 0) is 37.0 Å². The Morgan fingerprint density at radius 2 is 1.91 bits per heavy atom. The van der Waals surface area contributed by atoms with Crippen LogP contribution in [0.15, 0.2) is 24.3 Å². The molecule has 2 amide bonds. The van der Waals surface area contributed by atoms with E-state index in [2.05, 4.69) is 5.32 Å². The number of anilines is 1. The second-order valence-corrected chi connectivity index (χ2v) is 6.39. The number of nitrogens with zero attached hydrogens (tertiary/aromatic N) is 1. The molecule has 0 atom stereocenters. The molecular formula is C18H24N2O3. The summed E-state index contributed by atoms with van der Waals surface area (Å²) in [6.45, 7) is 2.42. The third kappa shape index (κ3) is 4.32. The summed E-state index contributed by atoms with van der Waals surface area (Å²) in [6.07, 6.45) is 5.37. The van der Waals surface area contributed by atoms with Crippen LogP contribution < -0.4 is 5.32 Å². The molecule has 1 aromatic rings. The summed E-state index contributed by atoms with van der Waals surface area (Å²) >= 11 is 0. The molecule has 1 aliphatic carbocycles. The highest BCUT2D eigenvalue weighted by Crippen LogP contribution is 2.27. The first kappa shape index (κ1) is 16.0. The largest absolute Gasteiger partial charge is 0.378 e. The van der Waals surface area contributed by atoms with Gasteiger partial charge in [-0.2, -0.15) is 0 Å². The highest BCUT2D eigenvalue weighted by Gasteiger charge is 2.20. The average molecular weight is 316 g/mol. The minimum absolute atomic E-state index is 0.000178. The maximum absolute atomic E-state index is 12.5. The van der Waals surface area contributed by atoms with Crippen LogP contribution in [-0.2, 0) is 9.53 Å². The van der Waals surface area contributed by atoms with Crippen molar-refractivity contribution in [1.82, 2.24) is 4.90 Å². The van der Waals surface area contributed by atoms with Gasteiger partial charge in [0.25, 0.3) is 5.91 Å². The number of rotatable bonds is 4. The van der Waals surface area contributed by atoms with Crippen LogP contribution in [-0.4, -0.2) is 43.0 Å². The normalized spacial score (nSPS) is 18.9. The lowest BCUT2D eigenvalue weighted by Gasteiger charge is -2.27. The summed E-state index contributed by atoms with van der Waals surface area (Å²) in [7, 11) is 0. The Bertz CT molecular complexity index is 561. The molecule has 2 aliphatic rings. The van der Waals surface area contributed by atoms with Gasteiger partial charge in [0.1, 0.15) is 0 Å². The summed E-state index contributed by atoms with van der Waals surface area (Å²) < 4.78 is 5.27. The Morgan fingerprint density at radius 3 is 2.65 bits per heavy atom. The first-order chi connectivity index (χ1) is 11.2. The van der Waals surface area contributed by atoms with Gasteiger partial charge in [0.15, 0.2) is 0 Å². The number of nitrogens with one attached hydrogen (secondary N) is 1. The van der Waals surface area contributed by atoms with Crippen LogP contribution in [0.5, 0.6) is 0 Å². The van der Waals surface area contributed by atoms with Crippen molar-refractivity contribution in [2.45, 2.75) is 32.1 Å². The van der Waals surface area contributed by atoms with E-state index in [4.69, 9.17) is 4.74 Å². The fraction of sp³-hybridized carbons (Fsp3) is 0.556. The van der Waals surface area contributed by atoms with Crippen molar-refractivity contribution in [3.63, 3.8) is 0 Å². The molecule has 1 N–H and O–H groups in total. The van der Waals surface area contributed by atoms with Crippen molar-refractivity contribution in [2.24, 2.45) is 5.92 Å². The molecule has 1 saturated carbocycles. The fourth-order valence-corrected chi connectivity index (χ4v) is 3.37. The Morgan fingerprint density at radius 1 is 1.17 bits per heavy atom. The molecule has 0 unspecified atom stereocenters. The van der Waals surface area contributed by atoms with Crippen LogP contribution in [0.1, 0.15) is 42.5 Å². The third-order valence-corrected chi connectivity index (χ3v) is 4.64. The summed E-state index contributed by atoms with van der Waals surface area (Å²) in [5, 5.41) is 2.93. The fourth-order valence-electron chi connectivity index (χ4n) is 3.37. The SMILES string of the molecule is O=C(CC1CCCC1)Nc1cccc(C(=O)N2CCOCC2)c1. The molecule has 2 fully saturated rings. The second kappa shape index (κ2) is 7.59. The summed E-state index contributed by atoms with van der Waals surface area (Å²) in [4.78, 5) is 26.4. The van der Waals surface area contributed by atoms with Crippen LogP contribution in [0, 0.1) is 5.92 Å². The Hall–Kier alpha value is -1.88. The van der Waals surface area contributed by atoms with Crippen LogP contribution >= 0.6 is 0 Å². The molecule has 0 aromatic heterocycles. The lowest BCUT2D eigenvalue weighted by Crippen LogP contribution is -2.40. The van der Waals surface area contributed by atoms with E-state index in [1.807, 2.05) is 12.1 Å². The summed E-state index contributed by atoms with van der Waals surface area (Å²) in [5.74, 6) is 0.571. The van der Waals surface area contributed by atoms with E-state index in [1.165, 1.54) is 12.8 Å². The molecule has 5 heteroatoms. The van der Waals surface area contributed by atoms with Crippen LogP contribution in [0.2, 0.25) is 0 Å². The molecular weight excluding hydrogens is 292 g/mol. The maximum atomic E-state index is 12.5. The molecule has 5 nitrogen and oxygen atoms in total. The van der Waals surface area contributed by atoms with Crippen LogP contribution in [0.25, 0.3) is 0 Å². The van der Waals surface area contributed by atoms with E-state index in [-0.39, 0.29) is 11.8 Å². The molecule has 0 spiro atoms. The zero-order chi connectivity index (χ0) is 16.1. The quantitative estimate of drug-likeness (QED) is 0.929. The minimum Gasteiger partial charge on any atom is -0.378 e. The van der Waals surface area contributed by atoms with Crippen molar-refractivity contribution in [3.05, 3.63) is 29.8 Å². The van der Waals surface area contributed by atoms with E-state index in [0.717, 1.165) is 12.8 Å². The molecule has 1 aromatic carbocycles. The summed E-state index contributed by atoms with van der Waals surface area (Å²) in [5.41, 5.74) is 1.32. The Balaban J connectivity index is 1.60. The smallest absolute Gasteiger partial charge is 0.254 e.